The van der Waals surface area contributed by atoms with E-state index in [-0.39, 0.29) is 6.61 Å². The fraction of sp³-hybridized carbons (Fsp3) is 0.111. The highest BCUT2D eigenvalue weighted by Gasteiger charge is 2.19. The monoisotopic (exact) mass is 465 g/mol. The molecule has 1 heterocycles. The second kappa shape index (κ2) is 10.8. The number of nitriles is 1. The molecule has 0 aliphatic rings. The van der Waals surface area contributed by atoms with Crippen LogP contribution in [-0.2, 0) is 11.3 Å². The summed E-state index contributed by atoms with van der Waals surface area (Å²) < 4.78 is 7.09. The van der Waals surface area contributed by atoms with E-state index in [1.165, 1.54) is 0 Å². The number of benzene rings is 3. The summed E-state index contributed by atoms with van der Waals surface area (Å²) in [5.41, 5.74) is 9.08. The van der Waals surface area contributed by atoms with Crippen molar-refractivity contribution in [3.8, 4) is 23.1 Å². The molecule has 0 bridgehead atoms. The Morgan fingerprint density at radius 2 is 1.69 bits per heavy atom. The minimum atomic E-state index is -0.531. The Balaban J connectivity index is 1.44. The zero-order chi connectivity index (χ0) is 24.6. The first-order valence-corrected chi connectivity index (χ1v) is 10.9. The van der Waals surface area contributed by atoms with Crippen molar-refractivity contribution in [1.82, 2.24) is 20.6 Å². The van der Waals surface area contributed by atoms with Gasteiger partial charge in [0, 0.05) is 11.8 Å². The van der Waals surface area contributed by atoms with Crippen LogP contribution in [0.2, 0.25) is 0 Å². The number of nitrogens with one attached hydrogen (secondary N) is 2. The first-order valence-electron chi connectivity index (χ1n) is 10.9. The molecule has 0 unspecified atom stereocenters. The highest BCUT2D eigenvalue weighted by Crippen LogP contribution is 2.23. The highest BCUT2D eigenvalue weighted by molar-refractivity contribution is 6.00. The highest BCUT2D eigenvalue weighted by atomic mass is 16.5. The third-order valence-electron chi connectivity index (χ3n) is 5.19. The van der Waals surface area contributed by atoms with Crippen molar-refractivity contribution in [1.29, 1.82) is 5.26 Å². The Bertz CT molecular complexity index is 1350. The maximum Gasteiger partial charge on any atom is 0.276 e. The molecule has 0 spiro atoms. The number of hydrogen-bond acceptors (Lipinski definition) is 5. The van der Waals surface area contributed by atoms with Gasteiger partial charge in [-0.2, -0.15) is 10.4 Å². The smallest absolute Gasteiger partial charge is 0.276 e. The number of aryl methyl sites for hydroxylation is 1. The number of hydrogen-bond donors (Lipinski definition) is 2. The average molecular weight is 466 g/mol. The van der Waals surface area contributed by atoms with Crippen LogP contribution >= 0.6 is 0 Å². The molecule has 8 nitrogen and oxygen atoms in total. The van der Waals surface area contributed by atoms with Gasteiger partial charge >= 0.3 is 0 Å². The topological polar surface area (TPSA) is 109 Å². The number of nitrogens with zero attached hydrogens (tertiary/aromatic N) is 3. The minimum absolute atomic E-state index is 0.301. The van der Waals surface area contributed by atoms with Crippen LogP contribution in [0.15, 0.2) is 85.1 Å². The van der Waals surface area contributed by atoms with Crippen LogP contribution in [0.4, 0.5) is 0 Å². The molecule has 4 aromatic rings. The second-order valence-corrected chi connectivity index (χ2v) is 7.87. The number of rotatable bonds is 7. The molecule has 0 radical (unpaired) electrons. The Kier molecular flexibility index (Phi) is 7.19. The van der Waals surface area contributed by atoms with Crippen LogP contribution < -0.4 is 15.6 Å². The van der Waals surface area contributed by atoms with Gasteiger partial charge in [0.05, 0.1) is 23.7 Å². The molecular weight excluding hydrogens is 442 g/mol. The molecule has 0 aliphatic heterocycles. The lowest BCUT2D eigenvalue weighted by Gasteiger charge is -2.09. The first kappa shape index (κ1) is 23.3. The number of ether oxygens (including phenoxy) is 1. The largest absolute Gasteiger partial charge is 0.484 e. The second-order valence-electron chi connectivity index (χ2n) is 7.87. The van der Waals surface area contributed by atoms with Crippen LogP contribution in [0.3, 0.4) is 0 Å². The van der Waals surface area contributed by atoms with Crippen LogP contribution in [0, 0.1) is 18.3 Å². The Morgan fingerprint density at radius 3 is 2.37 bits per heavy atom. The normalized spacial score (nSPS) is 10.3. The predicted octanol–water partition coefficient (Wildman–Crippen LogP) is 3.62. The van der Waals surface area contributed by atoms with Crippen LogP contribution in [0.5, 0.6) is 5.75 Å². The van der Waals surface area contributed by atoms with Crippen LogP contribution in [-0.4, -0.2) is 28.2 Å². The van der Waals surface area contributed by atoms with Gasteiger partial charge in [0.15, 0.2) is 6.61 Å². The summed E-state index contributed by atoms with van der Waals surface area (Å²) in [6.45, 7) is 2.18. The van der Waals surface area contributed by atoms with Gasteiger partial charge in [0.2, 0.25) is 0 Å². The van der Waals surface area contributed by atoms with Gasteiger partial charge in [-0.05, 0) is 36.8 Å². The van der Waals surface area contributed by atoms with Gasteiger partial charge in [-0.15, -0.1) is 0 Å². The molecule has 0 fully saturated rings. The molecule has 0 saturated carbocycles. The van der Waals surface area contributed by atoms with Crippen molar-refractivity contribution in [3.05, 3.63) is 107 Å². The molecule has 0 saturated heterocycles. The molecule has 35 heavy (non-hydrogen) atoms. The van der Waals surface area contributed by atoms with Crippen molar-refractivity contribution in [3.63, 3.8) is 0 Å². The third-order valence-corrected chi connectivity index (χ3v) is 5.19. The third kappa shape index (κ3) is 6.12. The number of amides is 2. The molecule has 0 aliphatic carbocycles. The van der Waals surface area contributed by atoms with Gasteiger partial charge in [-0.25, -0.2) is 0 Å². The van der Waals surface area contributed by atoms with Crippen molar-refractivity contribution in [2.45, 2.75) is 13.5 Å². The fourth-order valence-corrected chi connectivity index (χ4v) is 3.37. The fourth-order valence-electron chi connectivity index (χ4n) is 3.37. The van der Waals surface area contributed by atoms with Gasteiger partial charge < -0.3 is 4.74 Å². The van der Waals surface area contributed by atoms with E-state index in [1.54, 1.807) is 35.1 Å². The van der Waals surface area contributed by atoms with Crippen molar-refractivity contribution in [2.24, 2.45) is 0 Å². The van der Waals surface area contributed by atoms with E-state index in [0.717, 1.165) is 16.7 Å². The standard InChI is InChI=1S/C27H23N5O3/c1-19-7-11-22(12-8-19)26-24(17-32(31-26)16-21-5-3-2-4-6-21)27(34)30-29-25(33)18-35-23-13-9-20(15-28)10-14-23/h2-14,17H,16,18H2,1H3,(H,29,33)(H,30,34). The van der Waals surface area contributed by atoms with E-state index in [9.17, 15) is 9.59 Å². The van der Waals surface area contributed by atoms with Crippen molar-refractivity contribution >= 4 is 11.8 Å². The Morgan fingerprint density at radius 1 is 0.971 bits per heavy atom. The van der Waals surface area contributed by atoms with Gasteiger partial charge in [0.1, 0.15) is 11.4 Å². The molecule has 2 amide bonds. The maximum absolute atomic E-state index is 13.0. The summed E-state index contributed by atoms with van der Waals surface area (Å²) >= 11 is 0. The molecule has 3 aromatic carbocycles. The minimum Gasteiger partial charge on any atom is -0.484 e. The molecule has 0 atom stereocenters. The van der Waals surface area contributed by atoms with Crippen LogP contribution in [0.25, 0.3) is 11.3 Å². The first-order chi connectivity index (χ1) is 17.0. The SMILES string of the molecule is Cc1ccc(-c2nn(Cc3ccccc3)cc2C(=O)NNC(=O)COc2ccc(C#N)cc2)cc1. The quantitative estimate of drug-likeness (QED) is 0.405. The average Bonchev–Trinajstić information content (AvgIpc) is 3.31. The zero-order valence-corrected chi connectivity index (χ0v) is 19.1. The van der Waals surface area contributed by atoms with Gasteiger partial charge in [-0.3, -0.25) is 25.1 Å². The molecule has 174 valence electrons. The van der Waals surface area contributed by atoms with E-state index in [4.69, 9.17) is 10.00 Å². The number of carbonyl (C=O) groups is 2. The molecule has 4 rings (SSSR count). The number of hydrazine groups is 1. The number of carbonyl (C=O) groups excluding carboxylic acids is 2. The van der Waals surface area contributed by atoms with E-state index in [1.807, 2.05) is 67.6 Å². The maximum atomic E-state index is 13.0. The summed E-state index contributed by atoms with van der Waals surface area (Å²) in [5.74, 6) is -0.586. The van der Waals surface area contributed by atoms with E-state index >= 15 is 0 Å². The Hall–Kier alpha value is -4.90. The van der Waals surface area contributed by atoms with E-state index < -0.39 is 11.8 Å². The van der Waals surface area contributed by atoms with Crippen molar-refractivity contribution < 1.29 is 14.3 Å². The molecule has 1 aromatic heterocycles. The zero-order valence-electron chi connectivity index (χ0n) is 19.1. The summed E-state index contributed by atoms with van der Waals surface area (Å²) in [6.07, 6.45) is 1.66. The lowest BCUT2D eigenvalue weighted by Crippen LogP contribution is -2.43. The Labute approximate surface area is 202 Å². The van der Waals surface area contributed by atoms with Gasteiger partial charge in [0.25, 0.3) is 11.8 Å². The van der Waals surface area contributed by atoms with E-state index in [0.29, 0.717) is 29.1 Å². The van der Waals surface area contributed by atoms with Gasteiger partial charge in [-0.1, -0.05) is 60.2 Å². The lowest BCUT2D eigenvalue weighted by atomic mass is 10.1. The molecule has 8 heteroatoms. The molecular formula is C27H23N5O3. The van der Waals surface area contributed by atoms with E-state index in [2.05, 4.69) is 16.0 Å². The summed E-state index contributed by atoms with van der Waals surface area (Å²) in [4.78, 5) is 25.2. The van der Waals surface area contributed by atoms with Crippen LogP contribution in [0.1, 0.15) is 27.0 Å². The predicted molar refractivity (Wildman–Crippen MR) is 130 cm³/mol. The summed E-state index contributed by atoms with van der Waals surface area (Å²) in [6, 6.07) is 25.9. The lowest BCUT2D eigenvalue weighted by molar-refractivity contribution is -0.123. The summed E-state index contributed by atoms with van der Waals surface area (Å²) in [5, 5.41) is 13.5. The summed E-state index contributed by atoms with van der Waals surface area (Å²) in [7, 11) is 0. The molecule has 2 N–H and O–H groups in total. The van der Waals surface area contributed by atoms with Crippen molar-refractivity contribution in [2.75, 3.05) is 6.61 Å². The number of aromatic nitrogens is 2.